The van der Waals surface area contributed by atoms with Crippen molar-refractivity contribution in [1.29, 1.82) is 0 Å². The molecule has 0 saturated carbocycles. The van der Waals surface area contributed by atoms with E-state index in [1.54, 1.807) is 0 Å². The molecule has 2 nitrogen and oxygen atoms in total. The number of hydrogen-bond donors (Lipinski definition) is 1. The summed E-state index contributed by atoms with van der Waals surface area (Å²) in [6.07, 6.45) is 1.45. The van der Waals surface area contributed by atoms with Crippen LogP contribution in [0.2, 0.25) is 0 Å². The molecule has 0 spiro atoms. The molecule has 0 atom stereocenters. The van der Waals surface area contributed by atoms with Gasteiger partial charge in [-0.25, -0.2) is 0 Å². The molecule has 0 unspecified atom stereocenters. The topological polar surface area (TPSA) is 32.6 Å². The van der Waals surface area contributed by atoms with Crippen LogP contribution in [0.4, 0.5) is 0 Å². The molecule has 0 aromatic heterocycles. The highest BCUT2D eigenvalue weighted by molar-refractivity contribution is 9.10. The van der Waals surface area contributed by atoms with Gasteiger partial charge in [0.25, 0.3) is 0 Å². The molecule has 0 aliphatic carbocycles. The lowest BCUT2D eigenvalue weighted by atomic mass is 10.0. The normalized spacial score (nSPS) is 11.3. The van der Waals surface area contributed by atoms with Crippen molar-refractivity contribution in [2.24, 2.45) is 5.16 Å². The average molecular weight is 264 g/mol. The van der Waals surface area contributed by atoms with E-state index in [-0.39, 0.29) is 0 Å². The lowest BCUT2D eigenvalue weighted by molar-refractivity contribution is 0.322. The zero-order chi connectivity index (χ0) is 10.8. The van der Waals surface area contributed by atoms with Crippen LogP contribution >= 0.6 is 15.9 Å². The Bertz CT molecular complexity index is 534. The van der Waals surface area contributed by atoms with Gasteiger partial charge in [-0.2, -0.15) is 0 Å². The summed E-state index contributed by atoms with van der Waals surface area (Å²) in [7, 11) is 0. The van der Waals surface area contributed by atoms with E-state index in [1.165, 1.54) is 11.8 Å². The van der Waals surface area contributed by atoms with Gasteiger partial charge < -0.3 is 5.21 Å². The van der Waals surface area contributed by atoms with E-state index < -0.39 is 0 Å². The van der Waals surface area contributed by atoms with Gasteiger partial charge in [-0.3, -0.25) is 0 Å². The lowest BCUT2D eigenvalue weighted by Gasteiger charge is -2.05. The first-order chi connectivity index (χ1) is 7.22. The minimum atomic E-state index is 0.913. The largest absolute Gasteiger partial charge is 0.411 e. The van der Waals surface area contributed by atoms with Crippen LogP contribution in [0.3, 0.4) is 0 Å². The molecular formula is C12H10BrNO. The van der Waals surface area contributed by atoms with Gasteiger partial charge in [0.15, 0.2) is 0 Å². The Morgan fingerprint density at radius 1 is 1.20 bits per heavy atom. The number of halogens is 1. The van der Waals surface area contributed by atoms with Crippen molar-refractivity contribution >= 4 is 32.9 Å². The summed E-state index contributed by atoms with van der Waals surface area (Å²) in [5, 5.41) is 13.8. The molecule has 0 aliphatic rings. The van der Waals surface area contributed by atoms with Gasteiger partial charge >= 0.3 is 0 Å². The Balaban J connectivity index is 2.82. The number of nitrogens with zero attached hydrogens (tertiary/aromatic N) is 1. The fraction of sp³-hybridized carbons (Fsp3) is 0.0833. The molecule has 2 aromatic rings. The minimum absolute atomic E-state index is 0.913. The second-order valence-electron chi connectivity index (χ2n) is 3.43. The molecule has 0 amide bonds. The SMILES string of the molecule is Cc1ccc2c(/C=N\O)ccc(Br)c2c1. The monoisotopic (exact) mass is 263 g/mol. The first kappa shape index (κ1) is 10.2. The number of oxime groups is 1. The molecular weight excluding hydrogens is 254 g/mol. The third-order valence-electron chi connectivity index (χ3n) is 2.35. The molecule has 0 fully saturated rings. The fourth-order valence-corrected chi connectivity index (χ4v) is 2.08. The van der Waals surface area contributed by atoms with E-state index in [2.05, 4.69) is 34.1 Å². The fourth-order valence-electron chi connectivity index (χ4n) is 1.62. The molecule has 2 aromatic carbocycles. The zero-order valence-electron chi connectivity index (χ0n) is 8.24. The molecule has 76 valence electrons. The number of fused-ring (bicyclic) bond motifs is 1. The number of rotatable bonds is 1. The Labute approximate surface area is 96.4 Å². The molecule has 15 heavy (non-hydrogen) atoms. The number of aryl methyl sites for hydroxylation is 1. The Morgan fingerprint density at radius 2 is 2.00 bits per heavy atom. The summed E-state index contributed by atoms with van der Waals surface area (Å²) in [5.41, 5.74) is 2.12. The van der Waals surface area contributed by atoms with Crippen molar-refractivity contribution < 1.29 is 5.21 Å². The quantitative estimate of drug-likeness (QED) is 0.475. The Morgan fingerprint density at radius 3 is 2.73 bits per heavy atom. The Hall–Kier alpha value is -1.35. The minimum Gasteiger partial charge on any atom is -0.411 e. The predicted octanol–water partition coefficient (Wildman–Crippen LogP) is 3.72. The third-order valence-corrected chi connectivity index (χ3v) is 3.04. The van der Waals surface area contributed by atoms with Crippen molar-refractivity contribution in [2.45, 2.75) is 6.92 Å². The van der Waals surface area contributed by atoms with Crippen LogP contribution in [0.25, 0.3) is 10.8 Å². The van der Waals surface area contributed by atoms with Gasteiger partial charge in [0, 0.05) is 10.0 Å². The van der Waals surface area contributed by atoms with Crippen LogP contribution in [0, 0.1) is 6.92 Å². The van der Waals surface area contributed by atoms with E-state index in [0.717, 1.165) is 20.8 Å². The molecule has 0 saturated heterocycles. The predicted molar refractivity (Wildman–Crippen MR) is 65.8 cm³/mol. The van der Waals surface area contributed by atoms with E-state index in [1.807, 2.05) is 24.3 Å². The molecule has 1 N–H and O–H groups in total. The van der Waals surface area contributed by atoms with Crippen LogP contribution in [-0.2, 0) is 0 Å². The van der Waals surface area contributed by atoms with Gasteiger partial charge in [-0.1, -0.05) is 50.9 Å². The molecule has 0 bridgehead atoms. The van der Waals surface area contributed by atoms with Crippen molar-refractivity contribution in [3.8, 4) is 0 Å². The van der Waals surface area contributed by atoms with E-state index in [4.69, 9.17) is 5.21 Å². The maximum absolute atomic E-state index is 8.56. The second kappa shape index (κ2) is 4.03. The van der Waals surface area contributed by atoms with Crippen molar-refractivity contribution in [2.75, 3.05) is 0 Å². The Kier molecular flexibility index (Phi) is 2.73. The van der Waals surface area contributed by atoms with Crippen molar-refractivity contribution in [3.05, 3.63) is 45.9 Å². The van der Waals surface area contributed by atoms with Gasteiger partial charge in [0.1, 0.15) is 0 Å². The van der Waals surface area contributed by atoms with Crippen molar-refractivity contribution in [1.82, 2.24) is 0 Å². The summed E-state index contributed by atoms with van der Waals surface area (Å²) < 4.78 is 1.05. The van der Waals surface area contributed by atoms with Crippen LogP contribution in [0.5, 0.6) is 0 Å². The van der Waals surface area contributed by atoms with Crippen LogP contribution in [0.15, 0.2) is 40.0 Å². The summed E-state index contributed by atoms with van der Waals surface area (Å²) in [6.45, 7) is 2.05. The van der Waals surface area contributed by atoms with Crippen LogP contribution < -0.4 is 0 Å². The van der Waals surface area contributed by atoms with Gasteiger partial charge in [-0.05, 0) is 23.8 Å². The maximum atomic E-state index is 8.56. The first-order valence-corrected chi connectivity index (χ1v) is 5.38. The van der Waals surface area contributed by atoms with Crippen molar-refractivity contribution in [3.63, 3.8) is 0 Å². The zero-order valence-corrected chi connectivity index (χ0v) is 9.82. The van der Waals surface area contributed by atoms with E-state index >= 15 is 0 Å². The highest BCUT2D eigenvalue weighted by Gasteiger charge is 2.02. The van der Waals surface area contributed by atoms with Crippen LogP contribution in [-0.4, -0.2) is 11.4 Å². The highest BCUT2D eigenvalue weighted by Crippen LogP contribution is 2.27. The molecule has 0 aliphatic heterocycles. The maximum Gasteiger partial charge on any atom is 0.0740 e. The average Bonchev–Trinajstić information content (AvgIpc) is 2.23. The second-order valence-corrected chi connectivity index (χ2v) is 4.28. The molecule has 2 rings (SSSR count). The van der Waals surface area contributed by atoms with Gasteiger partial charge in [-0.15, -0.1) is 0 Å². The first-order valence-electron chi connectivity index (χ1n) is 4.58. The van der Waals surface area contributed by atoms with Gasteiger partial charge in [0.2, 0.25) is 0 Å². The van der Waals surface area contributed by atoms with E-state index in [9.17, 15) is 0 Å². The van der Waals surface area contributed by atoms with E-state index in [0.29, 0.717) is 0 Å². The summed E-state index contributed by atoms with van der Waals surface area (Å²) in [4.78, 5) is 0. The number of benzene rings is 2. The summed E-state index contributed by atoms with van der Waals surface area (Å²) in [5.74, 6) is 0. The summed E-state index contributed by atoms with van der Waals surface area (Å²) in [6, 6.07) is 10.1. The third kappa shape index (κ3) is 1.88. The number of hydrogen-bond acceptors (Lipinski definition) is 2. The summed E-state index contributed by atoms with van der Waals surface area (Å²) >= 11 is 3.51. The standard InChI is InChI=1S/C12H10BrNO/c1-8-2-4-10-9(7-14-15)3-5-12(13)11(10)6-8/h2-7,15H,1H3/b14-7-. The molecule has 0 radical (unpaired) electrons. The lowest BCUT2D eigenvalue weighted by Crippen LogP contribution is -1.86. The smallest absolute Gasteiger partial charge is 0.0740 e. The van der Waals surface area contributed by atoms with Crippen LogP contribution in [0.1, 0.15) is 11.1 Å². The highest BCUT2D eigenvalue weighted by atomic mass is 79.9. The molecule has 0 heterocycles. The van der Waals surface area contributed by atoms with Gasteiger partial charge in [0.05, 0.1) is 6.21 Å². The molecule has 3 heteroatoms.